The van der Waals surface area contributed by atoms with Gasteiger partial charge in [-0.3, -0.25) is 0 Å². The van der Waals surface area contributed by atoms with Gasteiger partial charge in [0.1, 0.15) is 5.69 Å². The van der Waals surface area contributed by atoms with E-state index in [1.165, 1.54) is 0 Å². The van der Waals surface area contributed by atoms with Gasteiger partial charge < -0.3 is 24.9 Å². The number of aryl methyl sites for hydroxylation is 1. The molecule has 0 atom stereocenters. The third kappa shape index (κ3) is 6.80. The van der Waals surface area contributed by atoms with Crippen LogP contribution in [-0.2, 0) is 17.8 Å². The first-order valence-corrected chi connectivity index (χ1v) is 13.4. The van der Waals surface area contributed by atoms with E-state index in [0.717, 1.165) is 52.8 Å². The van der Waals surface area contributed by atoms with Crippen LogP contribution in [0.4, 0.5) is 0 Å². The van der Waals surface area contributed by atoms with Gasteiger partial charge in [-0.2, -0.15) is 0 Å². The zero-order chi connectivity index (χ0) is 28.6. The smallest absolute Gasteiger partial charge is 0.179 e. The first-order chi connectivity index (χ1) is 19.3. The SMILES string of the molecule is C#Cc1ccc(C(=C)N=C(N)c2ncn(CCCCOC(=C)NCc3ccc4ncn(C(C)C)c4c3)c2C)cc1. The lowest BCUT2D eigenvalue weighted by Gasteiger charge is -2.13. The minimum atomic E-state index is 0.334. The van der Waals surface area contributed by atoms with E-state index < -0.39 is 0 Å². The highest BCUT2D eigenvalue weighted by Gasteiger charge is 2.11. The largest absolute Gasteiger partial charge is 0.480 e. The average molecular weight is 536 g/mol. The summed E-state index contributed by atoms with van der Waals surface area (Å²) in [5.74, 6) is 3.50. The van der Waals surface area contributed by atoms with Crippen LogP contribution in [0.25, 0.3) is 16.7 Å². The monoisotopic (exact) mass is 535 g/mol. The Balaban J connectivity index is 1.20. The van der Waals surface area contributed by atoms with E-state index in [0.29, 0.717) is 42.3 Å². The van der Waals surface area contributed by atoms with Gasteiger partial charge in [0, 0.05) is 30.4 Å². The fourth-order valence-electron chi connectivity index (χ4n) is 4.37. The fraction of sp³-hybridized carbons (Fsp3) is 0.281. The van der Waals surface area contributed by atoms with E-state index in [-0.39, 0.29) is 0 Å². The number of unbranched alkanes of at least 4 members (excludes halogenated alkanes) is 1. The highest BCUT2D eigenvalue weighted by Crippen LogP contribution is 2.19. The first-order valence-electron chi connectivity index (χ1n) is 13.4. The standard InChI is InChI=1S/C32H37N7O/c1-7-26-10-13-28(14-11-26)23(4)37-32(33)31-24(5)38(20-36-31)16-8-9-17-40-25(6)34-19-27-12-15-29-30(18-27)39(21-35-29)22(2)3/h1,10-15,18,20-22,34H,4,6,8-9,16-17,19H2,2-3,5H3,(H2,33,37). The van der Waals surface area contributed by atoms with Crippen LogP contribution in [0, 0.1) is 19.3 Å². The van der Waals surface area contributed by atoms with E-state index >= 15 is 0 Å². The van der Waals surface area contributed by atoms with Gasteiger partial charge in [0.15, 0.2) is 11.7 Å². The topological polar surface area (TPSA) is 95.3 Å². The van der Waals surface area contributed by atoms with Crippen LogP contribution in [0.3, 0.4) is 0 Å². The average Bonchev–Trinajstić information content (AvgIpc) is 3.54. The normalized spacial score (nSPS) is 11.5. The summed E-state index contributed by atoms with van der Waals surface area (Å²) in [5.41, 5.74) is 13.4. The van der Waals surface area contributed by atoms with Gasteiger partial charge in [0.2, 0.25) is 0 Å². The van der Waals surface area contributed by atoms with Crippen molar-refractivity contribution in [2.24, 2.45) is 10.7 Å². The van der Waals surface area contributed by atoms with Gasteiger partial charge in [-0.15, -0.1) is 6.42 Å². The number of nitrogens with two attached hydrogens (primary N) is 1. The summed E-state index contributed by atoms with van der Waals surface area (Å²) in [4.78, 5) is 13.4. The number of nitrogens with one attached hydrogen (secondary N) is 1. The summed E-state index contributed by atoms with van der Waals surface area (Å²) < 4.78 is 10.1. The van der Waals surface area contributed by atoms with Crippen molar-refractivity contribution in [2.45, 2.75) is 52.7 Å². The summed E-state index contributed by atoms with van der Waals surface area (Å²) in [6.45, 7) is 16.3. The van der Waals surface area contributed by atoms with E-state index in [1.807, 2.05) is 43.6 Å². The molecule has 8 nitrogen and oxygen atoms in total. The van der Waals surface area contributed by atoms with Gasteiger partial charge >= 0.3 is 0 Å². The number of ether oxygens (including phenoxy) is 1. The molecule has 2 heterocycles. The molecule has 0 radical (unpaired) electrons. The Labute approximate surface area is 236 Å². The van der Waals surface area contributed by atoms with Crippen molar-refractivity contribution in [3.63, 3.8) is 0 Å². The second kappa shape index (κ2) is 12.9. The Kier molecular flexibility index (Phi) is 9.07. The molecule has 0 spiro atoms. The molecule has 0 fully saturated rings. The predicted molar refractivity (Wildman–Crippen MR) is 162 cm³/mol. The Bertz CT molecular complexity index is 1570. The number of aliphatic imine (C=N–C) groups is 1. The molecule has 0 aliphatic carbocycles. The summed E-state index contributed by atoms with van der Waals surface area (Å²) in [6, 6.07) is 14.1. The maximum Gasteiger partial charge on any atom is 0.179 e. The highest BCUT2D eigenvalue weighted by molar-refractivity contribution is 5.99. The molecule has 40 heavy (non-hydrogen) atoms. The lowest BCUT2D eigenvalue weighted by atomic mass is 10.1. The van der Waals surface area contributed by atoms with Crippen LogP contribution in [0.15, 0.2) is 79.2 Å². The Morgan fingerprint density at radius 1 is 1.12 bits per heavy atom. The number of imidazole rings is 2. The molecule has 3 N–H and O–H groups in total. The highest BCUT2D eigenvalue weighted by atomic mass is 16.5. The van der Waals surface area contributed by atoms with E-state index in [2.05, 4.69) is 74.5 Å². The molecule has 8 heteroatoms. The van der Waals surface area contributed by atoms with Crippen molar-refractivity contribution in [3.05, 3.63) is 102 Å². The number of amidine groups is 1. The molecule has 0 aliphatic heterocycles. The van der Waals surface area contributed by atoms with Crippen LogP contribution in [0.1, 0.15) is 60.8 Å². The van der Waals surface area contributed by atoms with Crippen molar-refractivity contribution in [3.8, 4) is 12.3 Å². The third-order valence-electron chi connectivity index (χ3n) is 6.74. The van der Waals surface area contributed by atoms with Gasteiger partial charge in [0.05, 0.1) is 36.0 Å². The zero-order valence-corrected chi connectivity index (χ0v) is 23.5. The van der Waals surface area contributed by atoms with Gasteiger partial charge in [-0.05, 0) is 75.6 Å². The number of nitrogens with zero attached hydrogens (tertiary/aromatic N) is 5. The molecular weight excluding hydrogens is 498 g/mol. The summed E-state index contributed by atoms with van der Waals surface area (Å²) in [7, 11) is 0. The maximum atomic E-state index is 6.27. The fourth-order valence-corrected chi connectivity index (χ4v) is 4.37. The molecule has 0 saturated carbocycles. The molecule has 0 amide bonds. The van der Waals surface area contributed by atoms with Crippen molar-refractivity contribution < 1.29 is 4.74 Å². The summed E-state index contributed by atoms with van der Waals surface area (Å²) >= 11 is 0. The van der Waals surface area contributed by atoms with Crippen LogP contribution in [-0.4, -0.2) is 31.5 Å². The van der Waals surface area contributed by atoms with Crippen molar-refractivity contribution in [2.75, 3.05) is 6.61 Å². The Morgan fingerprint density at radius 3 is 2.62 bits per heavy atom. The first kappa shape index (κ1) is 28.2. The second-order valence-electron chi connectivity index (χ2n) is 9.94. The molecular formula is C32H37N7O. The molecule has 4 aromatic rings. The summed E-state index contributed by atoms with van der Waals surface area (Å²) in [6.07, 6.45) is 10.9. The minimum Gasteiger partial charge on any atom is -0.480 e. The number of fused-ring (bicyclic) bond motifs is 1. The summed E-state index contributed by atoms with van der Waals surface area (Å²) in [5, 5.41) is 3.27. The molecule has 2 aromatic carbocycles. The molecule has 0 saturated heterocycles. The minimum absolute atomic E-state index is 0.334. The van der Waals surface area contributed by atoms with Crippen LogP contribution >= 0.6 is 0 Å². The number of aromatic nitrogens is 4. The number of hydrogen-bond donors (Lipinski definition) is 2. The predicted octanol–water partition coefficient (Wildman–Crippen LogP) is 5.54. The van der Waals surface area contributed by atoms with Crippen molar-refractivity contribution in [1.29, 1.82) is 0 Å². The number of hydrogen-bond acceptors (Lipinski definition) is 5. The molecule has 0 unspecified atom stereocenters. The van der Waals surface area contributed by atoms with Crippen LogP contribution in [0.2, 0.25) is 0 Å². The quantitative estimate of drug-likeness (QED) is 0.0771. The number of benzene rings is 2. The van der Waals surface area contributed by atoms with E-state index in [4.69, 9.17) is 16.9 Å². The number of terminal acetylenes is 1. The zero-order valence-electron chi connectivity index (χ0n) is 23.5. The van der Waals surface area contributed by atoms with Crippen LogP contribution in [0.5, 0.6) is 0 Å². The molecule has 0 aliphatic rings. The van der Waals surface area contributed by atoms with Crippen LogP contribution < -0.4 is 11.1 Å². The Hall–Kier alpha value is -4.77. The van der Waals surface area contributed by atoms with Gasteiger partial charge in [0.25, 0.3) is 0 Å². The van der Waals surface area contributed by atoms with Crippen molar-refractivity contribution in [1.82, 2.24) is 24.4 Å². The molecule has 0 bridgehead atoms. The van der Waals surface area contributed by atoms with Gasteiger partial charge in [-0.25, -0.2) is 15.0 Å². The molecule has 2 aromatic heterocycles. The molecule has 206 valence electrons. The second-order valence-corrected chi connectivity index (χ2v) is 9.94. The van der Waals surface area contributed by atoms with E-state index in [9.17, 15) is 0 Å². The lowest BCUT2D eigenvalue weighted by Crippen LogP contribution is -2.16. The van der Waals surface area contributed by atoms with E-state index in [1.54, 1.807) is 6.33 Å². The van der Waals surface area contributed by atoms with Gasteiger partial charge in [-0.1, -0.05) is 30.7 Å². The molecule has 4 rings (SSSR count). The lowest BCUT2D eigenvalue weighted by molar-refractivity contribution is 0.184. The Morgan fingerprint density at radius 2 is 1.90 bits per heavy atom. The number of rotatable bonds is 13. The van der Waals surface area contributed by atoms with Crippen molar-refractivity contribution >= 4 is 22.6 Å². The third-order valence-corrected chi connectivity index (χ3v) is 6.74. The maximum absolute atomic E-state index is 6.27.